The van der Waals surface area contributed by atoms with E-state index in [1.165, 1.54) is 19.3 Å². The molecule has 3 fully saturated rings. The highest BCUT2D eigenvalue weighted by Gasteiger charge is 2.40. The Morgan fingerprint density at radius 3 is 2.09 bits per heavy atom. The molecule has 0 bridgehead atoms. The van der Waals surface area contributed by atoms with Crippen molar-refractivity contribution in [3.8, 4) is 0 Å². The van der Waals surface area contributed by atoms with Gasteiger partial charge in [0.15, 0.2) is 0 Å². The van der Waals surface area contributed by atoms with Gasteiger partial charge in [-0.05, 0) is 90.3 Å². The summed E-state index contributed by atoms with van der Waals surface area (Å²) in [6.45, 7) is 21.0. The molecule has 3 aliphatic heterocycles. The van der Waals surface area contributed by atoms with Crippen molar-refractivity contribution in [1.82, 2.24) is 30.2 Å². The van der Waals surface area contributed by atoms with Crippen LogP contribution >= 0.6 is 0 Å². The van der Waals surface area contributed by atoms with Crippen LogP contribution in [0.2, 0.25) is 0 Å². The highest BCUT2D eigenvalue weighted by Crippen LogP contribution is 2.27. The van der Waals surface area contributed by atoms with Gasteiger partial charge in [0.1, 0.15) is 12.1 Å². The zero-order chi connectivity index (χ0) is 34.2. The van der Waals surface area contributed by atoms with Crippen LogP contribution in [0.4, 0.5) is 0 Å². The Hall–Kier alpha value is -2.46. The van der Waals surface area contributed by atoms with Gasteiger partial charge in [-0.25, -0.2) is 0 Å². The lowest BCUT2D eigenvalue weighted by molar-refractivity contribution is -0.142. The molecule has 0 spiro atoms. The van der Waals surface area contributed by atoms with Gasteiger partial charge in [-0.15, -0.1) is 0 Å². The second kappa shape index (κ2) is 17.1. The van der Waals surface area contributed by atoms with Crippen LogP contribution in [0, 0.1) is 11.3 Å². The number of carbonyl (C=O) groups excluding carboxylic acids is 4. The van der Waals surface area contributed by atoms with E-state index in [0.717, 1.165) is 51.9 Å². The van der Waals surface area contributed by atoms with Gasteiger partial charge >= 0.3 is 0 Å². The summed E-state index contributed by atoms with van der Waals surface area (Å²) in [5, 5.41) is 6.23. The van der Waals surface area contributed by atoms with E-state index in [9.17, 15) is 19.2 Å². The monoisotopic (exact) mass is 644 g/mol. The topological polar surface area (TPSA) is 105 Å². The lowest BCUT2D eigenvalue weighted by Crippen LogP contribution is -2.60. The molecule has 3 aliphatic rings. The highest BCUT2D eigenvalue weighted by molar-refractivity contribution is 5.97. The molecular formula is C36H64N6O4. The lowest BCUT2D eigenvalue weighted by atomic mass is 9.84. The molecule has 0 aromatic rings. The van der Waals surface area contributed by atoms with E-state index in [2.05, 4.69) is 34.3 Å². The summed E-state index contributed by atoms with van der Waals surface area (Å²) in [6, 6.07) is -1.55. The van der Waals surface area contributed by atoms with Gasteiger partial charge in [0.25, 0.3) is 0 Å². The first-order valence-electron chi connectivity index (χ1n) is 18.0. The number of rotatable bonds is 12. The summed E-state index contributed by atoms with van der Waals surface area (Å²) >= 11 is 0. The van der Waals surface area contributed by atoms with Crippen molar-refractivity contribution in [2.45, 2.75) is 137 Å². The molecule has 10 nitrogen and oxygen atoms in total. The number of nitrogens with zero attached hydrogens (tertiary/aromatic N) is 4. The maximum Gasteiger partial charge on any atom is 0.249 e. The van der Waals surface area contributed by atoms with E-state index >= 15 is 0 Å². The number of hydrogen-bond acceptors (Lipinski definition) is 6. The first kappa shape index (κ1) is 38.0. The van der Waals surface area contributed by atoms with Crippen molar-refractivity contribution in [1.29, 1.82) is 0 Å². The number of nitrogens with one attached hydrogen (secondary N) is 2. The van der Waals surface area contributed by atoms with E-state index in [1.807, 2.05) is 40.7 Å². The fraction of sp³-hybridized carbons (Fsp3) is 0.833. The molecule has 0 saturated carbocycles. The van der Waals surface area contributed by atoms with Crippen LogP contribution in [0.5, 0.6) is 0 Å². The third-order valence-electron chi connectivity index (χ3n) is 10.1. The van der Waals surface area contributed by atoms with E-state index < -0.39 is 17.5 Å². The maximum atomic E-state index is 14.1. The Morgan fingerprint density at radius 1 is 0.848 bits per heavy atom. The molecule has 0 unspecified atom stereocenters. The van der Waals surface area contributed by atoms with Crippen molar-refractivity contribution < 1.29 is 19.2 Å². The Balaban J connectivity index is 1.70. The lowest BCUT2D eigenvalue weighted by Gasteiger charge is -2.41. The van der Waals surface area contributed by atoms with Crippen LogP contribution in [0.1, 0.15) is 107 Å². The predicted octanol–water partition coefficient (Wildman–Crippen LogP) is 3.80. The average Bonchev–Trinajstić information content (AvgIpc) is 3.51. The molecule has 3 heterocycles. The van der Waals surface area contributed by atoms with Crippen LogP contribution in [0.25, 0.3) is 0 Å². The van der Waals surface area contributed by atoms with Gasteiger partial charge < -0.3 is 25.3 Å². The van der Waals surface area contributed by atoms with Gasteiger partial charge in [0.2, 0.25) is 23.6 Å². The predicted molar refractivity (Wildman–Crippen MR) is 184 cm³/mol. The van der Waals surface area contributed by atoms with Crippen molar-refractivity contribution in [2.75, 3.05) is 46.3 Å². The van der Waals surface area contributed by atoms with E-state index in [-0.39, 0.29) is 47.7 Å². The van der Waals surface area contributed by atoms with Crippen molar-refractivity contribution >= 4 is 23.6 Å². The van der Waals surface area contributed by atoms with Crippen LogP contribution in [-0.2, 0) is 19.2 Å². The number of hydrogen-bond donors (Lipinski definition) is 2. The fourth-order valence-corrected chi connectivity index (χ4v) is 7.32. The van der Waals surface area contributed by atoms with Gasteiger partial charge in [0.05, 0.1) is 12.1 Å². The molecule has 3 rings (SSSR count). The molecule has 0 aromatic heterocycles. The first-order chi connectivity index (χ1) is 21.6. The zero-order valence-electron chi connectivity index (χ0n) is 30.4. The summed E-state index contributed by atoms with van der Waals surface area (Å²) in [4.78, 5) is 62.7. The molecule has 0 aromatic carbocycles. The summed E-state index contributed by atoms with van der Waals surface area (Å²) < 4.78 is 0. The smallest absolute Gasteiger partial charge is 0.249 e. The molecule has 262 valence electrons. The second-order valence-electron chi connectivity index (χ2n) is 15.5. The van der Waals surface area contributed by atoms with Gasteiger partial charge in [0, 0.05) is 38.3 Å². The fourth-order valence-electron chi connectivity index (χ4n) is 7.32. The minimum absolute atomic E-state index is 0.0234. The van der Waals surface area contributed by atoms with Crippen LogP contribution in [0.3, 0.4) is 0 Å². The minimum Gasteiger partial charge on any atom is -0.353 e. The molecule has 0 aliphatic carbocycles. The zero-order valence-corrected chi connectivity index (χ0v) is 30.4. The standard InChI is InChI=1S/C36H64N6O4/c1-25(2)30(39(9)35(46)31(36(6,7)8)38-33(44)29-16-11-14-21-41(29)26(3)4)24-27(5)34(45)42-22-15-17-28(42)32(43)37-18-23-40-19-12-10-13-20-40/h24-26,28-31H,10-23H2,1-9H3,(H,37,43)(H,38,44)/b27-24+/t28-,29+,30+,31+/m0/s1. The molecule has 4 amide bonds. The summed E-state index contributed by atoms with van der Waals surface area (Å²) in [7, 11) is 1.77. The molecule has 10 heteroatoms. The van der Waals surface area contributed by atoms with Gasteiger partial charge in [-0.3, -0.25) is 24.1 Å². The van der Waals surface area contributed by atoms with E-state index in [1.54, 1.807) is 23.8 Å². The van der Waals surface area contributed by atoms with Crippen molar-refractivity contribution in [2.24, 2.45) is 11.3 Å². The second-order valence-corrected chi connectivity index (χ2v) is 15.5. The third-order valence-corrected chi connectivity index (χ3v) is 10.1. The molecule has 4 atom stereocenters. The highest BCUT2D eigenvalue weighted by atomic mass is 16.2. The average molecular weight is 645 g/mol. The Kier molecular flexibility index (Phi) is 14.1. The Labute approximate surface area is 279 Å². The Bertz CT molecular complexity index is 1080. The number of carbonyl (C=O) groups is 4. The maximum absolute atomic E-state index is 14.1. The summed E-state index contributed by atoms with van der Waals surface area (Å²) in [6.07, 6.45) is 9.89. The number of amides is 4. The molecule has 46 heavy (non-hydrogen) atoms. The van der Waals surface area contributed by atoms with Gasteiger partial charge in [-0.1, -0.05) is 53.5 Å². The number of likely N-dealkylation sites (N-methyl/N-ethyl adjacent to an activating group) is 1. The van der Waals surface area contributed by atoms with Crippen LogP contribution < -0.4 is 10.6 Å². The van der Waals surface area contributed by atoms with Crippen LogP contribution in [0.15, 0.2) is 11.6 Å². The minimum atomic E-state index is -0.719. The summed E-state index contributed by atoms with van der Waals surface area (Å²) in [5.41, 5.74) is 0.0101. The first-order valence-corrected chi connectivity index (χ1v) is 18.0. The quantitative estimate of drug-likeness (QED) is 0.313. The largest absolute Gasteiger partial charge is 0.353 e. The van der Waals surface area contributed by atoms with E-state index in [4.69, 9.17) is 0 Å². The Morgan fingerprint density at radius 2 is 1.48 bits per heavy atom. The molecule has 3 saturated heterocycles. The number of piperidine rings is 2. The SMILES string of the molecule is C/C(=C\[C@H](C(C)C)N(C)C(=O)[C@@H](NC(=O)[C@H]1CCCCN1C(C)C)C(C)(C)C)C(=O)N1CCC[C@H]1C(=O)NCCN1CCCCC1. The normalized spacial score (nSPS) is 23.4. The van der Waals surface area contributed by atoms with Crippen molar-refractivity contribution in [3.05, 3.63) is 11.6 Å². The number of likely N-dealkylation sites (tertiary alicyclic amines) is 3. The van der Waals surface area contributed by atoms with E-state index in [0.29, 0.717) is 25.1 Å². The molecular weight excluding hydrogens is 580 g/mol. The molecule has 0 radical (unpaired) electrons. The van der Waals surface area contributed by atoms with Crippen LogP contribution in [-0.4, -0.2) is 120 Å². The van der Waals surface area contributed by atoms with Crippen molar-refractivity contribution in [3.63, 3.8) is 0 Å². The van der Waals surface area contributed by atoms with Gasteiger partial charge in [-0.2, -0.15) is 0 Å². The molecule has 2 N–H and O–H groups in total. The third kappa shape index (κ3) is 10.0. The summed E-state index contributed by atoms with van der Waals surface area (Å²) in [5.74, 6) is -0.481.